The summed E-state index contributed by atoms with van der Waals surface area (Å²) in [5.74, 6) is 1.24. The Morgan fingerprint density at radius 1 is 1.28 bits per heavy atom. The van der Waals surface area contributed by atoms with E-state index in [1.54, 1.807) is 12.1 Å². The molecule has 0 spiro atoms. The molecule has 0 saturated carbocycles. The van der Waals surface area contributed by atoms with Gasteiger partial charge in [-0.25, -0.2) is 14.8 Å². The second-order valence-corrected chi connectivity index (χ2v) is 5.54. The topological polar surface area (TPSA) is 109 Å². The van der Waals surface area contributed by atoms with E-state index < -0.39 is 6.09 Å². The van der Waals surface area contributed by atoms with Crippen LogP contribution in [0.2, 0.25) is 5.15 Å². The number of halogens is 1. The van der Waals surface area contributed by atoms with Gasteiger partial charge in [-0.05, 0) is 18.1 Å². The van der Waals surface area contributed by atoms with Crippen molar-refractivity contribution in [1.82, 2.24) is 9.97 Å². The fourth-order valence-electron chi connectivity index (χ4n) is 2.45. The van der Waals surface area contributed by atoms with Crippen LogP contribution in [0.1, 0.15) is 11.1 Å². The number of nitriles is 1. The zero-order valence-electron chi connectivity index (χ0n) is 13.0. The van der Waals surface area contributed by atoms with Crippen molar-refractivity contribution in [3.8, 4) is 17.6 Å². The summed E-state index contributed by atoms with van der Waals surface area (Å²) in [5, 5.41) is 18.9. The van der Waals surface area contributed by atoms with Crippen LogP contribution in [-0.2, 0) is 6.42 Å². The van der Waals surface area contributed by atoms with E-state index in [0.717, 1.165) is 4.90 Å². The highest BCUT2D eigenvalue weighted by Gasteiger charge is 2.20. The lowest BCUT2D eigenvalue weighted by atomic mass is 10.0. The predicted octanol–water partition coefficient (Wildman–Crippen LogP) is 2.50. The highest BCUT2D eigenvalue weighted by molar-refractivity contribution is 6.29. The van der Waals surface area contributed by atoms with Crippen molar-refractivity contribution in [3.05, 3.63) is 40.8 Å². The molecule has 2 aromatic rings. The molecule has 2 heterocycles. The first kappa shape index (κ1) is 16.8. The van der Waals surface area contributed by atoms with Crippen LogP contribution >= 0.6 is 11.6 Å². The van der Waals surface area contributed by atoms with Crippen molar-refractivity contribution >= 4 is 23.5 Å². The molecule has 1 amide bonds. The zero-order chi connectivity index (χ0) is 17.8. The van der Waals surface area contributed by atoms with E-state index >= 15 is 0 Å². The Bertz CT molecular complexity index is 853. The van der Waals surface area contributed by atoms with Crippen LogP contribution in [-0.4, -0.2) is 40.9 Å². The average Bonchev–Trinajstić information content (AvgIpc) is 2.61. The lowest BCUT2D eigenvalue weighted by Gasteiger charge is -2.21. The fraction of sp³-hybridized carbons (Fsp3) is 0.250. The third-order valence-corrected chi connectivity index (χ3v) is 3.83. The minimum absolute atomic E-state index is 0.0942. The summed E-state index contributed by atoms with van der Waals surface area (Å²) in [6.45, 7) is 0.953. The van der Waals surface area contributed by atoms with E-state index in [1.165, 1.54) is 12.4 Å². The number of hydrogen-bond donors (Lipinski definition) is 1. The molecule has 3 rings (SSSR count). The summed E-state index contributed by atoms with van der Waals surface area (Å²) in [6.07, 6.45) is 0.317. The van der Waals surface area contributed by atoms with Gasteiger partial charge in [-0.1, -0.05) is 11.6 Å². The van der Waals surface area contributed by atoms with Crippen LogP contribution in [0.3, 0.4) is 0 Å². The minimum atomic E-state index is -1.18. The fourth-order valence-corrected chi connectivity index (χ4v) is 2.60. The molecule has 1 aliphatic rings. The van der Waals surface area contributed by atoms with Gasteiger partial charge in [-0.2, -0.15) is 5.26 Å². The van der Waals surface area contributed by atoms with Gasteiger partial charge in [0.25, 0.3) is 0 Å². The van der Waals surface area contributed by atoms with Crippen molar-refractivity contribution in [2.45, 2.75) is 6.42 Å². The maximum absolute atomic E-state index is 11.5. The third-order valence-electron chi connectivity index (χ3n) is 3.62. The van der Waals surface area contributed by atoms with Gasteiger partial charge >= 0.3 is 6.09 Å². The maximum Gasteiger partial charge on any atom is 0.413 e. The molecule has 1 aromatic carbocycles. The monoisotopic (exact) mass is 360 g/mol. The molecule has 9 heteroatoms. The SMILES string of the molecule is N#Cc1cc2c(cc1CCN(C(=O)O)c1cc(Cl)ncn1)OCCO2. The molecule has 1 aromatic heterocycles. The second-order valence-electron chi connectivity index (χ2n) is 5.15. The highest BCUT2D eigenvalue weighted by Crippen LogP contribution is 2.33. The number of fused-ring (bicyclic) bond motifs is 1. The van der Waals surface area contributed by atoms with Crippen LogP contribution in [0, 0.1) is 11.3 Å². The number of ether oxygens (including phenoxy) is 2. The molecule has 0 bridgehead atoms. The van der Waals surface area contributed by atoms with Crippen molar-refractivity contribution < 1.29 is 19.4 Å². The molecule has 128 valence electrons. The van der Waals surface area contributed by atoms with Gasteiger partial charge in [-0.15, -0.1) is 0 Å². The Hall–Kier alpha value is -3.05. The summed E-state index contributed by atoms with van der Waals surface area (Å²) in [6, 6.07) is 6.78. The standard InChI is InChI=1S/C16H13ClN4O4/c17-14-7-15(20-9-19-14)21(16(22)23)2-1-10-5-12-13(6-11(10)8-18)25-4-3-24-12/h5-7,9H,1-4H2,(H,22,23). The molecule has 0 radical (unpaired) electrons. The first-order valence-electron chi connectivity index (χ1n) is 7.39. The predicted molar refractivity (Wildman–Crippen MR) is 88.3 cm³/mol. The van der Waals surface area contributed by atoms with Crippen molar-refractivity contribution in [2.75, 3.05) is 24.7 Å². The minimum Gasteiger partial charge on any atom is -0.486 e. The molecule has 8 nitrogen and oxygen atoms in total. The Morgan fingerprint density at radius 3 is 2.64 bits per heavy atom. The van der Waals surface area contributed by atoms with E-state index in [2.05, 4.69) is 16.0 Å². The summed E-state index contributed by atoms with van der Waals surface area (Å²) >= 11 is 5.79. The lowest BCUT2D eigenvalue weighted by molar-refractivity contribution is 0.171. The summed E-state index contributed by atoms with van der Waals surface area (Å²) in [5.41, 5.74) is 1.08. The van der Waals surface area contributed by atoms with Crippen molar-refractivity contribution in [3.63, 3.8) is 0 Å². The number of benzene rings is 1. The van der Waals surface area contributed by atoms with Gasteiger partial charge < -0.3 is 14.6 Å². The number of rotatable bonds is 4. The number of amides is 1. The van der Waals surface area contributed by atoms with E-state index in [0.29, 0.717) is 42.3 Å². The molecular weight excluding hydrogens is 348 g/mol. The smallest absolute Gasteiger partial charge is 0.413 e. The van der Waals surface area contributed by atoms with Gasteiger partial charge in [0.1, 0.15) is 30.5 Å². The zero-order valence-corrected chi connectivity index (χ0v) is 13.7. The van der Waals surface area contributed by atoms with Crippen LogP contribution in [0.25, 0.3) is 0 Å². The van der Waals surface area contributed by atoms with Crippen LogP contribution in [0.4, 0.5) is 10.6 Å². The van der Waals surface area contributed by atoms with Crippen LogP contribution in [0.15, 0.2) is 24.5 Å². The molecule has 1 N–H and O–H groups in total. The van der Waals surface area contributed by atoms with Gasteiger partial charge in [0.15, 0.2) is 11.5 Å². The number of aromatic nitrogens is 2. The Labute approximate surface area is 148 Å². The first-order chi connectivity index (χ1) is 12.1. The first-order valence-corrected chi connectivity index (χ1v) is 7.77. The normalized spacial score (nSPS) is 12.3. The van der Waals surface area contributed by atoms with Gasteiger partial charge in [0.05, 0.1) is 11.6 Å². The van der Waals surface area contributed by atoms with Crippen molar-refractivity contribution in [2.24, 2.45) is 0 Å². The molecule has 25 heavy (non-hydrogen) atoms. The summed E-state index contributed by atoms with van der Waals surface area (Å²) < 4.78 is 11.0. The molecule has 0 fully saturated rings. The van der Waals surface area contributed by atoms with Gasteiger partial charge in [0.2, 0.25) is 0 Å². The third kappa shape index (κ3) is 3.72. The summed E-state index contributed by atoms with van der Waals surface area (Å²) in [7, 11) is 0. The Balaban J connectivity index is 1.84. The van der Waals surface area contributed by atoms with Crippen LogP contribution < -0.4 is 14.4 Å². The Morgan fingerprint density at radius 2 is 2.00 bits per heavy atom. The summed E-state index contributed by atoms with van der Waals surface area (Å²) in [4.78, 5) is 20.2. The van der Waals surface area contributed by atoms with Gasteiger partial charge in [0, 0.05) is 18.7 Å². The molecule has 0 saturated heterocycles. The maximum atomic E-state index is 11.5. The van der Waals surface area contributed by atoms with Gasteiger partial charge in [-0.3, -0.25) is 4.90 Å². The van der Waals surface area contributed by atoms with E-state index in [4.69, 9.17) is 21.1 Å². The largest absolute Gasteiger partial charge is 0.486 e. The lowest BCUT2D eigenvalue weighted by Crippen LogP contribution is -2.32. The molecule has 0 unspecified atom stereocenters. The quantitative estimate of drug-likeness (QED) is 0.834. The number of nitrogens with zero attached hydrogens (tertiary/aromatic N) is 4. The highest BCUT2D eigenvalue weighted by atomic mass is 35.5. The van der Waals surface area contributed by atoms with E-state index in [9.17, 15) is 15.2 Å². The number of hydrogen-bond acceptors (Lipinski definition) is 6. The second kappa shape index (κ2) is 7.23. The van der Waals surface area contributed by atoms with E-state index in [-0.39, 0.29) is 17.5 Å². The number of carboxylic acid groups (broad SMARTS) is 1. The van der Waals surface area contributed by atoms with E-state index in [1.807, 2.05) is 0 Å². The van der Waals surface area contributed by atoms with Crippen LogP contribution in [0.5, 0.6) is 11.5 Å². The molecule has 0 atom stereocenters. The number of carbonyl (C=O) groups is 1. The number of anilines is 1. The average molecular weight is 361 g/mol. The molecule has 1 aliphatic heterocycles. The van der Waals surface area contributed by atoms with Crippen molar-refractivity contribution in [1.29, 1.82) is 5.26 Å². The molecular formula is C16H13ClN4O4. The Kier molecular flexibility index (Phi) is 4.86. The molecule has 0 aliphatic carbocycles.